The van der Waals surface area contributed by atoms with E-state index in [1.165, 1.54) is 0 Å². The van der Waals surface area contributed by atoms with E-state index in [0.29, 0.717) is 0 Å². The highest BCUT2D eigenvalue weighted by atomic mass is 16.5. The van der Waals surface area contributed by atoms with Crippen LogP contribution in [0.5, 0.6) is 5.75 Å². The van der Waals surface area contributed by atoms with Crippen molar-refractivity contribution in [3.05, 3.63) is 47.7 Å². The molecule has 1 atom stereocenters. The van der Waals surface area contributed by atoms with Crippen LogP contribution < -0.4 is 10.1 Å². The quantitative estimate of drug-likeness (QED) is 0.841. The summed E-state index contributed by atoms with van der Waals surface area (Å²) in [6, 6.07) is 7.75. The molecule has 0 radical (unpaired) electrons. The van der Waals surface area contributed by atoms with Crippen LogP contribution in [-0.4, -0.2) is 18.6 Å². The molecule has 2 rings (SSSR count). The first-order valence-corrected chi connectivity index (χ1v) is 7.11. The average Bonchev–Trinajstić information content (AvgIpc) is 2.97. The van der Waals surface area contributed by atoms with Gasteiger partial charge >= 0.3 is 0 Å². The zero-order valence-corrected chi connectivity index (χ0v) is 12.3. The van der Waals surface area contributed by atoms with Gasteiger partial charge in [0.05, 0.1) is 7.11 Å². The van der Waals surface area contributed by atoms with Gasteiger partial charge in [0.15, 0.2) is 0 Å². The Balaban J connectivity index is 2.35. The molecule has 0 saturated heterocycles. The van der Waals surface area contributed by atoms with E-state index in [9.17, 15) is 0 Å². The number of ether oxygens (including phenoxy) is 1. The summed E-state index contributed by atoms with van der Waals surface area (Å²) in [4.78, 5) is 4.47. The molecule has 2 aromatic rings. The Morgan fingerprint density at radius 1 is 1.30 bits per heavy atom. The van der Waals surface area contributed by atoms with Crippen LogP contribution in [0.15, 0.2) is 34.9 Å². The molecule has 4 nitrogen and oxygen atoms in total. The molecule has 0 bridgehead atoms. The van der Waals surface area contributed by atoms with E-state index < -0.39 is 0 Å². The van der Waals surface area contributed by atoms with Gasteiger partial charge in [-0.25, -0.2) is 0 Å². The van der Waals surface area contributed by atoms with Crippen molar-refractivity contribution in [1.29, 1.82) is 0 Å². The summed E-state index contributed by atoms with van der Waals surface area (Å²) in [5, 5.41) is 3.48. The maximum absolute atomic E-state index is 5.89. The number of aryl methyl sites for hydroxylation is 1. The number of rotatable bonds is 7. The van der Waals surface area contributed by atoms with Crippen molar-refractivity contribution in [3.8, 4) is 5.75 Å². The van der Waals surface area contributed by atoms with E-state index in [-0.39, 0.29) is 6.04 Å². The summed E-state index contributed by atoms with van der Waals surface area (Å²) in [5.74, 6) is 2.64. The third kappa shape index (κ3) is 3.20. The number of hydrogen-bond donors (Lipinski definition) is 1. The van der Waals surface area contributed by atoms with E-state index in [2.05, 4.69) is 24.1 Å². The zero-order chi connectivity index (χ0) is 14.4. The number of methoxy groups -OCH3 is 1. The predicted octanol–water partition coefficient (Wildman–Crippen LogP) is 3.33. The zero-order valence-electron chi connectivity index (χ0n) is 12.3. The molecule has 2 aromatic heterocycles. The lowest BCUT2D eigenvalue weighted by molar-refractivity contribution is 0.381. The van der Waals surface area contributed by atoms with Gasteiger partial charge in [0, 0.05) is 12.6 Å². The maximum Gasteiger partial charge on any atom is 0.142 e. The second kappa shape index (κ2) is 7.10. The minimum absolute atomic E-state index is 0.0774. The predicted molar refractivity (Wildman–Crippen MR) is 79.0 cm³/mol. The van der Waals surface area contributed by atoms with Crippen LogP contribution >= 0.6 is 0 Å². The fourth-order valence-corrected chi connectivity index (χ4v) is 2.15. The number of hydrogen-bond acceptors (Lipinski definition) is 4. The fourth-order valence-electron chi connectivity index (χ4n) is 2.15. The van der Waals surface area contributed by atoms with Gasteiger partial charge in [-0.3, -0.25) is 4.98 Å². The second-order valence-corrected chi connectivity index (χ2v) is 4.64. The van der Waals surface area contributed by atoms with E-state index in [1.807, 2.05) is 24.3 Å². The monoisotopic (exact) mass is 274 g/mol. The summed E-state index contributed by atoms with van der Waals surface area (Å²) in [6.07, 6.45) is 3.72. The number of pyridine rings is 1. The first-order chi connectivity index (χ1) is 9.80. The fraction of sp³-hybridized carbons (Fsp3) is 0.438. The van der Waals surface area contributed by atoms with E-state index >= 15 is 0 Å². The molecule has 1 N–H and O–H groups in total. The van der Waals surface area contributed by atoms with Gasteiger partial charge < -0.3 is 14.5 Å². The van der Waals surface area contributed by atoms with Gasteiger partial charge in [-0.2, -0.15) is 0 Å². The van der Waals surface area contributed by atoms with Gasteiger partial charge in [-0.1, -0.05) is 13.8 Å². The van der Waals surface area contributed by atoms with Crippen LogP contribution in [0.3, 0.4) is 0 Å². The average molecular weight is 274 g/mol. The van der Waals surface area contributed by atoms with Gasteiger partial charge in [0.25, 0.3) is 0 Å². The van der Waals surface area contributed by atoms with Crippen LogP contribution in [0.25, 0.3) is 0 Å². The van der Waals surface area contributed by atoms with Gasteiger partial charge in [-0.05, 0) is 37.2 Å². The highest BCUT2D eigenvalue weighted by molar-refractivity contribution is 5.34. The molecule has 0 aliphatic rings. The number of aromatic nitrogens is 1. The Labute approximate surface area is 120 Å². The third-order valence-electron chi connectivity index (χ3n) is 3.21. The second-order valence-electron chi connectivity index (χ2n) is 4.64. The highest BCUT2D eigenvalue weighted by Crippen LogP contribution is 2.29. The van der Waals surface area contributed by atoms with Crippen LogP contribution in [0, 0.1) is 0 Å². The van der Waals surface area contributed by atoms with E-state index in [4.69, 9.17) is 9.15 Å². The SMILES string of the molecule is CCCNC(c1ccc(CC)o1)c1ncccc1OC. The standard InChI is InChI=1S/C16H22N2O2/c1-4-10-17-16(14-9-8-12(5-2)20-14)15-13(19-3)7-6-11-18-15/h6-9,11,16-17H,4-5,10H2,1-3H3. The highest BCUT2D eigenvalue weighted by Gasteiger charge is 2.22. The molecule has 0 amide bonds. The molecule has 4 heteroatoms. The number of nitrogens with one attached hydrogen (secondary N) is 1. The summed E-state index contributed by atoms with van der Waals surface area (Å²) in [6.45, 7) is 5.12. The Hall–Kier alpha value is -1.81. The normalized spacial score (nSPS) is 12.3. The van der Waals surface area contributed by atoms with Gasteiger partial charge in [-0.15, -0.1) is 0 Å². The molecule has 108 valence electrons. The lowest BCUT2D eigenvalue weighted by atomic mass is 10.1. The van der Waals surface area contributed by atoms with Crippen molar-refractivity contribution < 1.29 is 9.15 Å². The molecular weight excluding hydrogens is 252 g/mol. The first kappa shape index (κ1) is 14.6. The molecule has 20 heavy (non-hydrogen) atoms. The lowest BCUT2D eigenvalue weighted by Crippen LogP contribution is -2.24. The lowest BCUT2D eigenvalue weighted by Gasteiger charge is -2.18. The number of nitrogens with zero attached hydrogens (tertiary/aromatic N) is 1. The van der Waals surface area contributed by atoms with Crippen molar-refractivity contribution in [2.75, 3.05) is 13.7 Å². The smallest absolute Gasteiger partial charge is 0.142 e. The van der Waals surface area contributed by atoms with Crippen molar-refractivity contribution in [1.82, 2.24) is 10.3 Å². The van der Waals surface area contributed by atoms with E-state index in [1.54, 1.807) is 13.3 Å². The van der Waals surface area contributed by atoms with Crippen LogP contribution in [-0.2, 0) is 6.42 Å². The largest absolute Gasteiger partial charge is 0.495 e. The van der Waals surface area contributed by atoms with Crippen molar-refractivity contribution in [2.45, 2.75) is 32.7 Å². The van der Waals surface area contributed by atoms with Gasteiger partial charge in [0.2, 0.25) is 0 Å². The maximum atomic E-state index is 5.89. The molecule has 0 aliphatic heterocycles. The van der Waals surface area contributed by atoms with Crippen molar-refractivity contribution in [3.63, 3.8) is 0 Å². The summed E-state index contributed by atoms with van der Waals surface area (Å²) in [7, 11) is 1.66. The molecule has 0 aliphatic carbocycles. The van der Waals surface area contributed by atoms with Crippen molar-refractivity contribution >= 4 is 0 Å². The summed E-state index contributed by atoms with van der Waals surface area (Å²) < 4.78 is 11.3. The Morgan fingerprint density at radius 3 is 2.80 bits per heavy atom. The van der Waals surface area contributed by atoms with Crippen LogP contribution in [0.1, 0.15) is 43.5 Å². The molecule has 0 saturated carbocycles. The minimum Gasteiger partial charge on any atom is -0.495 e. The number of furan rings is 1. The summed E-state index contributed by atoms with van der Waals surface area (Å²) in [5.41, 5.74) is 0.862. The Bertz CT molecular complexity index is 537. The molecule has 2 heterocycles. The van der Waals surface area contributed by atoms with Crippen LogP contribution in [0.2, 0.25) is 0 Å². The molecule has 0 fully saturated rings. The van der Waals surface area contributed by atoms with Crippen LogP contribution in [0.4, 0.5) is 0 Å². The van der Waals surface area contributed by atoms with E-state index in [0.717, 1.165) is 42.4 Å². The molecule has 0 spiro atoms. The third-order valence-corrected chi connectivity index (χ3v) is 3.21. The Kier molecular flexibility index (Phi) is 5.18. The van der Waals surface area contributed by atoms with Gasteiger partial charge in [0.1, 0.15) is 29.0 Å². The first-order valence-electron chi connectivity index (χ1n) is 7.11. The minimum atomic E-state index is -0.0774. The summed E-state index contributed by atoms with van der Waals surface area (Å²) >= 11 is 0. The topological polar surface area (TPSA) is 47.3 Å². The van der Waals surface area contributed by atoms with Crippen molar-refractivity contribution in [2.24, 2.45) is 0 Å². The Morgan fingerprint density at radius 2 is 2.15 bits per heavy atom. The molecule has 1 unspecified atom stereocenters. The molecule has 0 aromatic carbocycles. The molecular formula is C16H22N2O2.